The molecule has 0 heterocycles. The molecule has 0 aromatic heterocycles. The topological polar surface area (TPSA) is 137 Å². The van der Waals surface area contributed by atoms with Crippen LogP contribution in [0, 0.1) is 20.8 Å². The van der Waals surface area contributed by atoms with E-state index in [-0.39, 0.29) is 58.4 Å². The van der Waals surface area contributed by atoms with Gasteiger partial charge in [-0.05, 0) is 138 Å². The van der Waals surface area contributed by atoms with E-state index in [1.807, 2.05) is 42.5 Å². The van der Waals surface area contributed by atoms with Gasteiger partial charge in [0.1, 0.15) is 17.9 Å². The first-order valence-electron chi connectivity index (χ1n) is 22.9. The molecule has 5 aromatic carbocycles. The molecular weight excluding hydrogens is 920 g/mol. The summed E-state index contributed by atoms with van der Waals surface area (Å²) in [5.41, 5.74) is 11.4. The number of carbonyl (C=O) groups is 2. The normalized spacial score (nSPS) is 13.9. The van der Waals surface area contributed by atoms with Crippen LogP contribution < -0.4 is 4.74 Å². The Hall–Kier alpha value is -4.96. The van der Waals surface area contributed by atoms with Crippen molar-refractivity contribution in [3.05, 3.63) is 145 Å². The van der Waals surface area contributed by atoms with E-state index in [2.05, 4.69) is 79.2 Å². The lowest BCUT2D eigenvalue weighted by atomic mass is 9.66. The number of aryl methyl sites for hydroxylation is 2. The van der Waals surface area contributed by atoms with Gasteiger partial charge in [-0.2, -0.15) is 0 Å². The molecule has 12 nitrogen and oxygen atoms in total. The minimum Gasteiger partial charge on any atom is -0.490 e. The molecule has 5 aromatic rings. The lowest BCUT2D eigenvalue weighted by Gasteiger charge is -2.35. The van der Waals surface area contributed by atoms with E-state index >= 15 is 0 Å². The van der Waals surface area contributed by atoms with Gasteiger partial charge in [-0.25, -0.2) is 9.59 Å². The SMILES string of the molecule is CCOC(=O)c1cc(C2(c3ccc(OCCOCCOCCOC)c(C(=O)OCC)c3)c3cc(Br)ccc3-c3ccc(-c4cc(C)c(C)c(C)c4)cc32)ccc1COCCOCCOCCO. The van der Waals surface area contributed by atoms with Gasteiger partial charge in [0.25, 0.3) is 0 Å². The van der Waals surface area contributed by atoms with Crippen LogP contribution in [0.1, 0.15) is 79.1 Å². The van der Waals surface area contributed by atoms with Crippen molar-refractivity contribution in [1.29, 1.82) is 0 Å². The maximum Gasteiger partial charge on any atom is 0.341 e. The molecule has 1 unspecified atom stereocenters. The van der Waals surface area contributed by atoms with Crippen molar-refractivity contribution < 1.29 is 57.3 Å². The van der Waals surface area contributed by atoms with Crippen LogP contribution in [0.2, 0.25) is 0 Å². The summed E-state index contributed by atoms with van der Waals surface area (Å²) in [5, 5.41) is 8.94. The standard InChI is InChI=1S/C54H63BrO12/c1-7-65-52(57)47-32-42(11-9-40(47)35-64-26-25-62-22-21-60-18-17-56)54(43-12-16-51(48(33-43)53(58)66-8-2)67-28-27-63-24-23-61-20-19-59-6)49-31-39(41-29-36(3)38(5)37(4)30-41)10-14-45(49)46-15-13-44(55)34-50(46)54/h9-16,29-34,56H,7-8,17-28,35H2,1-6H3. The highest BCUT2D eigenvalue weighted by molar-refractivity contribution is 9.10. The molecule has 1 atom stereocenters. The van der Waals surface area contributed by atoms with Gasteiger partial charge < -0.3 is 47.7 Å². The Morgan fingerprint density at radius 3 is 1.73 bits per heavy atom. The molecular formula is C54H63BrO12. The Morgan fingerprint density at radius 2 is 1.10 bits per heavy atom. The predicted octanol–water partition coefficient (Wildman–Crippen LogP) is 9.36. The molecule has 0 amide bonds. The van der Waals surface area contributed by atoms with Crippen molar-refractivity contribution in [2.75, 3.05) is 99.6 Å². The molecule has 0 saturated carbocycles. The van der Waals surface area contributed by atoms with Crippen LogP contribution >= 0.6 is 15.9 Å². The number of rotatable bonds is 27. The van der Waals surface area contributed by atoms with Crippen LogP contribution in [-0.2, 0) is 49.9 Å². The van der Waals surface area contributed by atoms with Crippen LogP contribution in [-0.4, -0.2) is 117 Å². The van der Waals surface area contributed by atoms with Crippen molar-refractivity contribution in [3.8, 4) is 28.0 Å². The second-order valence-electron chi connectivity index (χ2n) is 16.0. The highest BCUT2D eigenvalue weighted by atomic mass is 79.9. The highest BCUT2D eigenvalue weighted by Gasteiger charge is 2.47. The first kappa shape index (κ1) is 51.4. The molecule has 67 heavy (non-hydrogen) atoms. The van der Waals surface area contributed by atoms with Gasteiger partial charge in [0.05, 0.1) is 103 Å². The van der Waals surface area contributed by atoms with Crippen molar-refractivity contribution in [1.82, 2.24) is 0 Å². The van der Waals surface area contributed by atoms with Crippen LogP contribution in [0.4, 0.5) is 0 Å². The molecule has 13 heteroatoms. The van der Waals surface area contributed by atoms with E-state index in [0.717, 1.165) is 49.0 Å². The molecule has 1 N–H and O–H groups in total. The summed E-state index contributed by atoms with van der Waals surface area (Å²) in [7, 11) is 1.63. The Kier molecular flexibility index (Phi) is 19.5. The van der Waals surface area contributed by atoms with Gasteiger partial charge >= 0.3 is 11.9 Å². The number of hydrogen-bond acceptors (Lipinski definition) is 12. The first-order valence-corrected chi connectivity index (χ1v) is 23.6. The Morgan fingerprint density at radius 1 is 0.567 bits per heavy atom. The fourth-order valence-corrected chi connectivity index (χ4v) is 8.78. The fraction of sp³-hybridized carbons (Fsp3) is 0.407. The second kappa shape index (κ2) is 25.4. The van der Waals surface area contributed by atoms with Gasteiger partial charge in [0.2, 0.25) is 0 Å². The zero-order chi connectivity index (χ0) is 47.8. The molecule has 0 aliphatic heterocycles. The average molecular weight is 984 g/mol. The van der Waals surface area contributed by atoms with Gasteiger partial charge in [-0.3, -0.25) is 0 Å². The third-order valence-corrected chi connectivity index (χ3v) is 12.3. The van der Waals surface area contributed by atoms with Crippen LogP contribution in [0.15, 0.2) is 89.4 Å². The summed E-state index contributed by atoms with van der Waals surface area (Å²) < 4.78 is 51.8. The number of esters is 2. The maximum atomic E-state index is 14.1. The maximum absolute atomic E-state index is 14.1. The number of methoxy groups -OCH3 is 1. The van der Waals surface area contributed by atoms with E-state index in [9.17, 15) is 9.59 Å². The van der Waals surface area contributed by atoms with Crippen molar-refractivity contribution in [3.63, 3.8) is 0 Å². The van der Waals surface area contributed by atoms with Crippen LogP contribution in [0.3, 0.4) is 0 Å². The van der Waals surface area contributed by atoms with E-state index < -0.39 is 17.4 Å². The van der Waals surface area contributed by atoms with Crippen molar-refractivity contribution in [2.45, 2.75) is 46.6 Å². The number of ether oxygens (including phenoxy) is 9. The number of aliphatic hydroxyl groups excluding tert-OH is 1. The largest absolute Gasteiger partial charge is 0.490 e. The average Bonchev–Trinajstić information content (AvgIpc) is 3.61. The van der Waals surface area contributed by atoms with E-state index in [4.69, 9.17) is 47.7 Å². The summed E-state index contributed by atoms with van der Waals surface area (Å²) in [6, 6.07) is 28.8. The molecule has 0 radical (unpaired) electrons. The number of aliphatic hydroxyl groups is 1. The summed E-state index contributed by atoms with van der Waals surface area (Å²) >= 11 is 3.81. The zero-order valence-electron chi connectivity index (χ0n) is 39.5. The fourth-order valence-electron chi connectivity index (χ4n) is 8.42. The Balaban J connectivity index is 1.50. The predicted molar refractivity (Wildman–Crippen MR) is 260 cm³/mol. The van der Waals surface area contributed by atoms with Crippen LogP contribution in [0.5, 0.6) is 5.75 Å². The number of carbonyl (C=O) groups excluding carboxylic acids is 2. The smallest absolute Gasteiger partial charge is 0.341 e. The number of halogens is 1. The molecule has 1 aliphatic rings. The van der Waals surface area contributed by atoms with Gasteiger partial charge in [0.15, 0.2) is 0 Å². The Bertz CT molecular complexity index is 2340. The van der Waals surface area contributed by atoms with Crippen molar-refractivity contribution >= 4 is 27.9 Å². The first-order chi connectivity index (χ1) is 32.6. The molecule has 6 rings (SSSR count). The summed E-state index contributed by atoms with van der Waals surface area (Å²) in [4.78, 5) is 28.1. The van der Waals surface area contributed by atoms with Gasteiger partial charge in [0, 0.05) is 11.6 Å². The van der Waals surface area contributed by atoms with E-state index in [0.29, 0.717) is 63.1 Å². The summed E-state index contributed by atoms with van der Waals surface area (Å²) in [6.07, 6.45) is 0. The Labute approximate surface area is 402 Å². The van der Waals surface area contributed by atoms with Gasteiger partial charge in [-0.1, -0.05) is 64.5 Å². The minimum absolute atomic E-state index is 0.0452. The number of fused-ring (bicyclic) bond motifs is 3. The molecule has 0 fully saturated rings. The zero-order valence-corrected chi connectivity index (χ0v) is 41.1. The van der Waals surface area contributed by atoms with E-state index in [1.54, 1.807) is 21.0 Å². The summed E-state index contributed by atoms with van der Waals surface area (Å²) in [6.45, 7) is 14.2. The molecule has 0 spiro atoms. The minimum atomic E-state index is -1.09. The van der Waals surface area contributed by atoms with Crippen molar-refractivity contribution in [2.24, 2.45) is 0 Å². The second-order valence-corrected chi connectivity index (χ2v) is 16.9. The third kappa shape index (κ3) is 12.4. The summed E-state index contributed by atoms with van der Waals surface area (Å²) in [5.74, 6) is -0.664. The molecule has 358 valence electrons. The lowest BCUT2D eigenvalue weighted by molar-refractivity contribution is 0.00429. The lowest BCUT2D eigenvalue weighted by Crippen LogP contribution is -2.30. The van der Waals surface area contributed by atoms with E-state index in [1.165, 1.54) is 16.7 Å². The monoisotopic (exact) mass is 982 g/mol. The third-order valence-electron chi connectivity index (χ3n) is 11.8. The highest BCUT2D eigenvalue weighted by Crippen LogP contribution is 2.58. The molecule has 1 aliphatic carbocycles. The van der Waals surface area contributed by atoms with Gasteiger partial charge in [-0.15, -0.1) is 0 Å². The molecule has 0 bridgehead atoms. The quantitative estimate of drug-likeness (QED) is 0.0389. The molecule has 0 saturated heterocycles. The number of benzene rings is 5. The number of hydrogen-bond donors (Lipinski definition) is 1. The van der Waals surface area contributed by atoms with Crippen LogP contribution in [0.25, 0.3) is 22.3 Å².